The number of hydrogen-bond acceptors (Lipinski definition) is 4. The molecule has 24 heavy (non-hydrogen) atoms. The highest BCUT2D eigenvalue weighted by atomic mass is 35.5. The number of likely N-dealkylation sites (tertiary alicyclic amines) is 1. The van der Waals surface area contributed by atoms with Crippen LogP contribution in [0.15, 0.2) is 30.6 Å². The van der Waals surface area contributed by atoms with Crippen molar-refractivity contribution in [3.8, 4) is 0 Å². The van der Waals surface area contributed by atoms with Crippen molar-refractivity contribution in [3.63, 3.8) is 0 Å². The highest BCUT2D eigenvalue weighted by molar-refractivity contribution is 6.31. The van der Waals surface area contributed by atoms with Crippen LogP contribution in [-0.2, 0) is 0 Å². The lowest BCUT2D eigenvalue weighted by atomic mass is 10.2. The first kappa shape index (κ1) is 16.7. The molecule has 1 saturated heterocycles. The van der Waals surface area contributed by atoms with Gasteiger partial charge in [0.05, 0.1) is 12.4 Å². The van der Waals surface area contributed by atoms with Gasteiger partial charge >= 0.3 is 0 Å². The number of amides is 1. The lowest BCUT2D eigenvalue weighted by molar-refractivity contribution is 0.0755. The topological polar surface area (TPSA) is 58.1 Å². The standard InChI is InChI=1S/C18H21ClN4O/c1-13-6-7-14(10-15(13)19)22-17-12-20-16(11-21-17)18(24)23-8-4-2-3-5-9-23/h6-7,10-12H,2-5,8-9H2,1H3,(H,21,22). The minimum Gasteiger partial charge on any atom is -0.339 e. The Morgan fingerprint density at radius 2 is 1.88 bits per heavy atom. The average Bonchev–Trinajstić information content (AvgIpc) is 2.88. The Kier molecular flexibility index (Phi) is 5.30. The maximum atomic E-state index is 12.5. The van der Waals surface area contributed by atoms with Crippen LogP contribution in [0, 0.1) is 6.92 Å². The molecule has 0 saturated carbocycles. The van der Waals surface area contributed by atoms with E-state index in [1.807, 2.05) is 30.0 Å². The molecule has 1 amide bonds. The summed E-state index contributed by atoms with van der Waals surface area (Å²) in [6, 6.07) is 5.71. The molecule has 126 valence electrons. The van der Waals surface area contributed by atoms with Gasteiger partial charge in [-0.1, -0.05) is 30.5 Å². The third kappa shape index (κ3) is 4.03. The molecule has 1 aromatic carbocycles. The molecule has 2 aromatic rings. The first-order chi connectivity index (χ1) is 11.6. The van der Waals surface area contributed by atoms with Crippen LogP contribution < -0.4 is 5.32 Å². The van der Waals surface area contributed by atoms with Gasteiger partial charge in [0, 0.05) is 23.8 Å². The number of hydrogen-bond donors (Lipinski definition) is 1. The Hall–Kier alpha value is -2.14. The van der Waals surface area contributed by atoms with Gasteiger partial charge in [-0.25, -0.2) is 9.97 Å². The first-order valence-electron chi connectivity index (χ1n) is 8.28. The smallest absolute Gasteiger partial charge is 0.274 e. The molecule has 1 aliphatic rings. The van der Waals surface area contributed by atoms with Crippen LogP contribution in [0.5, 0.6) is 0 Å². The van der Waals surface area contributed by atoms with Gasteiger partial charge < -0.3 is 10.2 Å². The molecule has 1 aromatic heterocycles. The van der Waals surface area contributed by atoms with Crippen LogP contribution in [-0.4, -0.2) is 33.9 Å². The zero-order chi connectivity index (χ0) is 16.9. The number of aromatic nitrogens is 2. The Morgan fingerprint density at radius 1 is 1.12 bits per heavy atom. The molecule has 0 unspecified atom stereocenters. The fourth-order valence-electron chi connectivity index (χ4n) is 2.76. The summed E-state index contributed by atoms with van der Waals surface area (Å²) in [4.78, 5) is 22.9. The molecular formula is C18H21ClN4O. The molecule has 5 nitrogen and oxygen atoms in total. The molecule has 2 heterocycles. The van der Waals surface area contributed by atoms with E-state index in [-0.39, 0.29) is 5.91 Å². The molecular weight excluding hydrogens is 324 g/mol. The molecule has 6 heteroatoms. The fourth-order valence-corrected chi connectivity index (χ4v) is 2.94. The highest BCUT2D eigenvalue weighted by Gasteiger charge is 2.18. The average molecular weight is 345 g/mol. The number of benzene rings is 1. The van der Waals surface area contributed by atoms with Crippen molar-refractivity contribution in [1.82, 2.24) is 14.9 Å². The maximum absolute atomic E-state index is 12.5. The minimum absolute atomic E-state index is 0.0330. The molecule has 0 atom stereocenters. The van der Waals surface area contributed by atoms with E-state index in [2.05, 4.69) is 15.3 Å². The second-order valence-corrected chi connectivity index (χ2v) is 6.49. The van der Waals surface area contributed by atoms with Crippen molar-refractivity contribution in [1.29, 1.82) is 0 Å². The predicted molar refractivity (Wildman–Crippen MR) is 95.9 cm³/mol. The largest absolute Gasteiger partial charge is 0.339 e. The number of aryl methyl sites for hydroxylation is 1. The van der Waals surface area contributed by atoms with Crippen molar-refractivity contribution in [2.24, 2.45) is 0 Å². The summed E-state index contributed by atoms with van der Waals surface area (Å²) in [5.74, 6) is 0.552. The molecule has 1 fully saturated rings. The van der Waals surface area contributed by atoms with Crippen molar-refractivity contribution >= 4 is 29.0 Å². The third-order valence-electron chi connectivity index (χ3n) is 4.21. The van der Waals surface area contributed by atoms with Gasteiger partial charge in [-0.2, -0.15) is 0 Å². The van der Waals surface area contributed by atoms with Crippen LogP contribution in [0.3, 0.4) is 0 Å². The van der Waals surface area contributed by atoms with E-state index in [9.17, 15) is 4.79 Å². The molecule has 1 N–H and O–H groups in total. The second-order valence-electron chi connectivity index (χ2n) is 6.08. The molecule has 3 rings (SSSR count). The van der Waals surface area contributed by atoms with Crippen LogP contribution in [0.2, 0.25) is 5.02 Å². The van der Waals surface area contributed by atoms with E-state index in [1.54, 1.807) is 6.20 Å². The van der Waals surface area contributed by atoms with E-state index in [1.165, 1.54) is 19.0 Å². The zero-order valence-electron chi connectivity index (χ0n) is 13.8. The number of carbonyl (C=O) groups excluding carboxylic acids is 1. The van der Waals surface area contributed by atoms with E-state index in [0.29, 0.717) is 16.5 Å². The quantitative estimate of drug-likeness (QED) is 0.906. The number of anilines is 2. The Labute approximate surface area is 147 Å². The number of halogens is 1. The van der Waals surface area contributed by atoms with Crippen LogP contribution >= 0.6 is 11.6 Å². The van der Waals surface area contributed by atoms with E-state index in [0.717, 1.165) is 37.2 Å². The summed E-state index contributed by atoms with van der Waals surface area (Å²) < 4.78 is 0. The van der Waals surface area contributed by atoms with Crippen LogP contribution in [0.25, 0.3) is 0 Å². The summed E-state index contributed by atoms with van der Waals surface area (Å²) in [5.41, 5.74) is 2.25. The highest BCUT2D eigenvalue weighted by Crippen LogP contribution is 2.22. The number of carbonyl (C=O) groups is 1. The van der Waals surface area contributed by atoms with Crippen molar-refractivity contribution in [3.05, 3.63) is 46.9 Å². The minimum atomic E-state index is -0.0330. The van der Waals surface area contributed by atoms with Gasteiger partial charge in [0.1, 0.15) is 11.5 Å². The normalized spacial score (nSPS) is 15.0. The van der Waals surface area contributed by atoms with Crippen LogP contribution in [0.1, 0.15) is 41.7 Å². The van der Waals surface area contributed by atoms with Crippen molar-refractivity contribution in [2.45, 2.75) is 32.6 Å². The van der Waals surface area contributed by atoms with E-state index < -0.39 is 0 Å². The van der Waals surface area contributed by atoms with Crippen molar-refractivity contribution in [2.75, 3.05) is 18.4 Å². The lowest BCUT2D eigenvalue weighted by Gasteiger charge is -2.19. The SMILES string of the molecule is Cc1ccc(Nc2cnc(C(=O)N3CCCCCC3)cn2)cc1Cl. The molecule has 1 aliphatic heterocycles. The summed E-state index contributed by atoms with van der Waals surface area (Å²) in [5, 5.41) is 3.84. The van der Waals surface area contributed by atoms with E-state index >= 15 is 0 Å². The van der Waals surface area contributed by atoms with E-state index in [4.69, 9.17) is 11.6 Å². The van der Waals surface area contributed by atoms with Gasteiger partial charge in [-0.15, -0.1) is 0 Å². The van der Waals surface area contributed by atoms with Gasteiger partial charge in [0.15, 0.2) is 0 Å². The number of nitrogens with zero attached hydrogens (tertiary/aromatic N) is 3. The van der Waals surface area contributed by atoms with Gasteiger partial charge in [-0.3, -0.25) is 4.79 Å². The number of nitrogens with one attached hydrogen (secondary N) is 1. The maximum Gasteiger partial charge on any atom is 0.274 e. The lowest BCUT2D eigenvalue weighted by Crippen LogP contribution is -2.32. The molecule has 0 aliphatic carbocycles. The predicted octanol–water partition coefficient (Wildman–Crippen LogP) is 4.20. The molecule has 0 radical (unpaired) electrons. The second kappa shape index (κ2) is 7.62. The van der Waals surface area contributed by atoms with Gasteiger partial charge in [0.25, 0.3) is 5.91 Å². The Morgan fingerprint density at radius 3 is 2.50 bits per heavy atom. The Bertz CT molecular complexity index is 709. The summed E-state index contributed by atoms with van der Waals surface area (Å²) in [7, 11) is 0. The van der Waals surface area contributed by atoms with Crippen molar-refractivity contribution < 1.29 is 4.79 Å². The zero-order valence-corrected chi connectivity index (χ0v) is 14.5. The Balaban J connectivity index is 1.68. The molecule has 0 bridgehead atoms. The summed E-state index contributed by atoms with van der Waals surface area (Å²) in [6.45, 7) is 3.57. The van der Waals surface area contributed by atoms with Gasteiger partial charge in [0.2, 0.25) is 0 Å². The van der Waals surface area contributed by atoms with Crippen LogP contribution in [0.4, 0.5) is 11.5 Å². The fraction of sp³-hybridized carbons (Fsp3) is 0.389. The first-order valence-corrected chi connectivity index (χ1v) is 8.66. The number of rotatable bonds is 3. The monoisotopic (exact) mass is 344 g/mol. The summed E-state index contributed by atoms with van der Waals surface area (Å²) >= 11 is 6.12. The molecule has 0 spiro atoms. The summed E-state index contributed by atoms with van der Waals surface area (Å²) in [6.07, 6.45) is 7.62. The van der Waals surface area contributed by atoms with Gasteiger partial charge in [-0.05, 0) is 37.5 Å². The third-order valence-corrected chi connectivity index (χ3v) is 4.62.